The Bertz CT molecular complexity index is 140. The molecule has 1 atom stereocenters. The van der Waals surface area contributed by atoms with Crippen molar-refractivity contribution < 1.29 is 9.84 Å². The van der Waals surface area contributed by atoms with E-state index in [1.54, 1.807) is 7.11 Å². The van der Waals surface area contributed by atoms with E-state index < -0.39 is 0 Å². The van der Waals surface area contributed by atoms with Gasteiger partial charge < -0.3 is 15.2 Å². The van der Waals surface area contributed by atoms with Gasteiger partial charge in [-0.1, -0.05) is 6.92 Å². The standard InChI is InChI=1S/C10H21NO2/c1-3-10(5-4-6-10)11-7-9(12)8-13-2/h9,11-12H,3-8H2,1-2H3. The zero-order valence-corrected chi connectivity index (χ0v) is 8.68. The topological polar surface area (TPSA) is 41.5 Å². The first-order valence-corrected chi connectivity index (χ1v) is 5.14. The molecule has 0 aliphatic heterocycles. The molecule has 13 heavy (non-hydrogen) atoms. The van der Waals surface area contributed by atoms with Gasteiger partial charge in [0, 0.05) is 19.2 Å². The molecule has 2 N–H and O–H groups in total. The van der Waals surface area contributed by atoms with Crippen LogP contribution >= 0.6 is 0 Å². The first-order valence-electron chi connectivity index (χ1n) is 5.14. The average molecular weight is 187 g/mol. The third-order valence-electron chi connectivity index (χ3n) is 3.06. The highest BCUT2D eigenvalue weighted by Gasteiger charge is 2.34. The van der Waals surface area contributed by atoms with Crippen LogP contribution in [0, 0.1) is 0 Å². The lowest BCUT2D eigenvalue weighted by atomic mass is 9.75. The SMILES string of the molecule is CCC1(NCC(O)COC)CCC1. The summed E-state index contributed by atoms with van der Waals surface area (Å²) < 4.78 is 4.86. The Morgan fingerprint density at radius 2 is 2.23 bits per heavy atom. The van der Waals surface area contributed by atoms with Crippen LogP contribution in [0.15, 0.2) is 0 Å². The summed E-state index contributed by atoms with van der Waals surface area (Å²) in [6.07, 6.45) is 4.62. The van der Waals surface area contributed by atoms with Gasteiger partial charge >= 0.3 is 0 Å². The Labute approximate surface area is 80.5 Å². The van der Waals surface area contributed by atoms with Gasteiger partial charge in [0.1, 0.15) is 0 Å². The maximum absolute atomic E-state index is 9.44. The molecule has 0 saturated heterocycles. The molecule has 1 unspecified atom stereocenters. The molecule has 0 heterocycles. The van der Waals surface area contributed by atoms with Crippen LogP contribution < -0.4 is 5.32 Å². The van der Waals surface area contributed by atoms with E-state index >= 15 is 0 Å². The van der Waals surface area contributed by atoms with Crippen LogP contribution in [0.1, 0.15) is 32.6 Å². The average Bonchev–Trinajstić information content (AvgIpc) is 2.04. The Kier molecular flexibility index (Phi) is 4.16. The highest BCUT2D eigenvalue weighted by molar-refractivity contribution is 4.94. The van der Waals surface area contributed by atoms with E-state index in [2.05, 4.69) is 12.2 Å². The number of ether oxygens (including phenoxy) is 1. The first-order chi connectivity index (χ1) is 6.22. The third-order valence-corrected chi connectivity index (χ3v) is 3.06. The molecule has 0 radical (unpaired) electrons. The monoisotopic (exact) mass is 187 g/mol. The fourth-order valence-corrected chi connectivity index (χ4v) is 1.84. The maximum Gasteiger partial charge on any atom is 0.0897 e. The number of aliphatic hydroxyl groups is 1. The van der Waals surface area contributed by atoms with Gasteiger partial charge in [0.15, 0.2) is 0 Å². The Morgan fingerprint density at radius 3 is 2.62 bits per heavy atom. The van der Waals surface area contributed by atoms with E-state index in [0.29, 0.717) is 18.7 Å². The molecule has 0 aromatic rings. The third kappa shape index (κ3) is 2.93. The van der Waals surface area contributed by atoms with Crippen LogP contribution in [0.2, 0.25) is 0 Å². The molecular formula is C10H21NO2. The zero-order valence-electron chi connectivity index (χ0n) is 8.68. The molecule has 0 aromatic carbocycles. The number of β-amino-alcohol motifs (C(OH)–C–C–N with tert-alkyl or cyclic N) is 1. The first kappa shape index (κ1) is 11.0. The summed E-state index contributed by atoms with van der Waals surface area (Å²) >= 11 is 0. The quantitative estimate of drug-likeness (QED) is 0.649. The molecule has 1 rings (SSSR count). The molecule has 1 aliphatic rings. The molecule has 3 heteroatoms. The number of methoxy groups -OCH3 is 1. The van der Waals surface area contributed by atoms with E-state index in [4.69, 9.17) is 4.74 Å². The van der Waals surface area contributed by atoms with Gasteiger partial charge in [-0.15, -0.1) is 0 Å². The highest BCUT2D eigenvalue weighted by atomic mass is 16.5. The number of hydrogen-bond acceptors (Lipinski definition) is 3. The molecule has 0 bridgehead atoms. The largest absolute Gasteiger partial charge is 0.389 e. The maximum atomic E-state index is 9.44. The van der Waals surface area contributed by atoms with E-state index in [1.165, 1.54) is 19.3 Å². The minimum absolute atomic E-state index is 0.328. The van der Waals surface area contributed by atoms with Crippen LogP contribution in [0.25, 0.3) is 0 Å². The second-order valence-electron chi connectivity index (χ2n) is 3.98. The van der Waals surface area contributed by atoms with Gasteiger partial charge in [-0.05, 0) is 25.7 Å². The fourth-order valence-electron chi connectivity index (χ4n) is 1.84. The summed E-state index contributed by atoms with van der Waals surface area (Å²) in [5, 5.41) is 12.9. The number of aliphatic hydroxyl groups excluding tert-OH is 1. The minimum atomic E-state index is -0.367. The van der Waals surface area contributed by atoms with Crippen LogP contribution in [-0.2, 0) is 4.74 Å². The molecule has 1 saturated carbocycles. The zero-order chi connectivity index (χ0) is 9.73. The molecule has 3 nitrogen and oxygen atoms in total. The van der Waals surface area contributed by atoms with Crippen molar-refractivity contribution >= 4 is 0 Å². The number of hydrogen-bond donors (Lipinski definition) is 2. The van der Waals surface area contributed by atoms with E-state index in [-0.39, 0.29) is 6.10 Å². The van der Waals surface area contributed by atoms with Gasteiger partial charge in [0.05, 0.1) is 12.7 Å². The molecule has 0 spiro atoms. The van der Waals surface area contributed by atoms with Gasteiger partial charge in [-0.3, -0.25) is 0 Å². The lowest BCUT2D eigenvalue weighted by Crippen LogP contribution is -2.53. The molecular weight excluding hydrogens is 166 g/mol. The molecule has 78 valence electrons. The van der Waals surface area contributed by atoms with Crippen LogP contribution in [0.4, 0.5) is 0 Å². The Hall–Kier alpha value is -0.120. The highest BCUT2D eigenvalue weighted by Crippen LogP contribution is 2.34. The van der Waals surface area contributed by atoms with Gasteiger partial charge in [-0.2, -0.15) is 0 Å². The van der Waals surface area contributed by atoms with Crippen molar-refractivity contribution in [2.75, 3.05) is 20.3 Å². The van der Waals surface area contributed by atoms with Crippen molar-refractivity contribution in [3.8, 4) is 0 Å². The number of nitrogens with one attached hydrogen (secondary N) is 1. The second kappa shape index (κ2) is 4.94. The molecule has 0 amide bonds. The van der Waals surface area contributed by atoms with Crippen molar-refractivity contribution in [1.29, 1.82) is 0 Å². The predicted molar refractivity (Wildman–Crippen MR) is 52.8 cm³/mol. The van der Waals surface area contributed by atoms with Crippen LogP contribution in [-0.4, -0.2) is 37.0 Å². The Balaban J connectivity index is 2.16. The van der Waals surface area contributed by atoms with Gasteiger partial charge in [0.2, 0.25) is 0 Å². The summed E-state index contributed by atoms with van der Waals surface area (Å²) in [5.74, 6) is 0. The molecule has 0 aromatic heterocycles. The second-order valence-corrected chi connectivity index (χ2v) is 3.98. The van der Waals surface area contributed by atoms with Crippen LogP contribution in [0.5, 0.6) is 0 Å². The predicted octanol–water partition coefficient (Wildman–Crippen LogP) is 0.916. The van der Waals surface area contributed by atoms with Crippen LogP contribution in [0.3, 0.4) is 0 Å². The van der Waals surface area contributed by atoms with Crippen molar-refractivity contribution in [2.24, 2.45) is 0 Å². The van der Waals surface area contributed by atoms with Gasteiger partial charge in [0.25, 0.3) is 0 Å². The summed E-state index contributed by atoms with van der Waals surface area (Å²) in [6.45, 7) is 3.28. The molecule has 1 fully saturated rings. The van der Waals surface area contributed by atoms with E-state index in [0.717, 1.165) is 6.42 Å². The lowest BCUT2D eigenvalue weighted by molar-refractivity contribution is 0.0501. The van der Waals surface area contributed by atoms with E-state index in [1.807, 2.05) is 0 Å². The van der Waals surface area contributed by atoms with Crippen molar-refractivity contribution in [3.63, 3.8) is 0 Å². The summed E-state index contributed by atoms with van der Waals surface area (Å²) in [5.41, 5.74) is 0.328. The number of rotatable bonds is 6. The van der Waals surface area contributed by atoms with E-state index in [9.17, 15) is 5.11 Å². The summed E-state index contributed by atoms with van der Waals surface area (Å²) in [4.78, 5) is 0. The fraction of sp³-hybridized carbons (Fsp3) is 1.00. The lowest BCUT2D eigenvalue weighted by Gasteiger charge is -2.42. The minimum Gasteiger partial charge on any atom is -0.389 e. The summed E-state index contributed by atoms with van der Waals surface area (Å²) in [7, 11) is 1.61. The van der Waals surface area contributed by atoms with Crippen molar-refractivity contribution in [1.82, 2.24) is 5.32 Å². The Morgan fingerprint density at radius 1 is 1.54 bits per heavy atom. The smallest absolute Gasteiger partial charge is 0.0897 e. The molecule has 1 aliphatic carbocycles. The van der Waals surface area contributed by atoms with Gasteiger partial charge in [-0.25, -0.2) is 0 Å². The normalized spacial score (nSPS) is 22.4. The van der Waals surface area contributed by atoms with Crippen molar-refractivity contribution in [3.05, 3.63) is 0 Å². The van der Waals surface area contributed by atoms with Crippen molar-refractivity contribution in [2.45, 2.75) is 44.2 Å². The summed E-state index contributed by atoms with van der Waals surface area (Å²) in [6, 6.07) is 0.